The number of carbonyl (C=O) groups is 1. The highest BCUT2D eigenvalue weighted by Crippen LogP contribution is 2.21. The number of rotatable bonds is 7. The van der Waals surface area contributed by atoms with Crippen molar-refractivity contribution in [2.24, 2.45) is 5.92 Å². The molecule has 7 nitrogen and oxygen atoms in total. The fourth-order valence-corrected chi connectivity index (χ4v) is 3.03. The van der Waals surface area contributed by atoms with Gasteiger partial charge in [0.05, 0.1) is 11.8 Å². The lowest BCUT2D eigenvalue weighted by Gasteiger charge is -2.21. The van der Waals surface area contributed by atoms with Crippen LogP contribution in [0.2, 0.25) is 0 Å². The van der Waals surface area contributed by atoms with Gasteiger partial charge in [0.2, 0.25) is 11.1 Å². The van der Waals surface area contributed by atoms with Crippen LogP contribution in [-0.2, 0) is 4.79 Å². The maximum Gasteiger partial charge on any atom is 0.294 e. The lowest BCUT2D eigenvalue weighted by Crippen LogP contribution is -2.34. The van der Waals surface area contributed by atoms with Crippen LogP contribution >= 0.6 is 11.8 Å². The Morgan fingerprint density at radius 1 is 1.28 bits per heavy atom. The number of nitrogens with zero attached hydrogens (tertiary/aromatic N) is 3. The standard InChI is InChI=1S/C17H23N5O2S/c1-11(2)9-14(13-7-5-4-6-8-13)19-15(23)10-25-17-21-20-12(3)16(24)22(17)18/h4-8,11,14H,9-10,18H2,1-3H3,(H,19,23)/t14-/m0/s1. The normalized spacial score (nSPS) is 12.2. The summed E-state index contributed by atoms with van der Waals surface area (Å²) in [5, 5.41) is 10.9. The molecule has 1 heterocycles. The number of hydrogen-bond acceptors (Lipinski definition) is 6. The quantitative estimate of drug-likeness (QED) is 0.574. The topological polar surface area (TPSA) is 103 Å². The molecule has 0 bridgehead atoms. The van der Waals surface area contributed by atoms with Crippen LogP contribution < -0.4 is 16.7 Å². The zero-order valence-corrected chi connectivity index (χ0v) is 15.4. The van der Waals surface area contributed by atoms with Gasteiger partial charge in [0, 0.05) is 0 Å². The van der Waals surface area contributed by atoms with Crippen molar-refractivity contribution >= 4 is 17.7 Å². The van der Waals surface area contributed by atoms with E-state index in [1.54, 1.807) is 0 Å². The van der Waals surface area contributed by atoms with Crippen LogP contribution in [-0.4, -0.2) is 26.5 Å². The molecule has 0 aliphatic rings. The van der Waals surface area contributed by atoms with Crippen LogP contribution in [0.3, 0.4) is 0 Å². The van der Waals surface area contributed by atoms with Gasteiger partial charge in [-0.3, -0.25) is 9.59 Å². The molecule has 0 unspecified atom stereocenters. The van der Waals surface area contributed by atoms with Crippen molar-refractivity contribution in [3.63, 3.8) is 0 Å². The van der Waals surface area contributed by atoms with Crippen LogP contribution in [0.4, 0.5) is 0 Å². The summed E-state index contributed by atoms with van der Waals surface area (Å²) >= 11 is 1.09. The average Bonchev–Trinajstić information content (AvgIpc) is 2.59. The minimum atomic E-state index is -0.417. The predicted octanol–water partition coefficient (Wildman–Crippen LogP) is 1.66. The molecule has 0 saturated heterocycles. The summed E-state index contributed by atoms with van der Waals surface area (Å²) < 4.78 is 0.920. The van der Waals surface area contributed by atoms with Gasteiger partial charge in [0.1, 0.15) is 5.69 Å². The van der Waals surface area contributed by atoms with Crippen LogP contribution in [0.1, 0.15) is 37.6 Å². The first-order chi connectivity index (χ1) is 11.9. The Morgan fingerprint density at radius 3 is 2.60 bits per heavy atom. The molecule has 0 fully saturated rings. The molecular weight excluding hydrogens is 338 g/mol. The fourth-order valence-electron chi connectivity index (χ4n) is 2.37. The van der Waals surface area contributed by atoms with E-state index in [4.69, 9.17) is 5.84 Å². The molecule has 1 aromatic heterocycles. The van der Waals surface area contributed by atoms with E-state index in [9.17, 15) is 9.59 Å². The van der Waals surface area contributed by atoms with Crippen LogP contribution in [0.5, 0.6) is 0 Å². The van der Waals surface area contributed by atoms with E-state index in [1.807, 2.05) is 30.3 Å². The molecule has 2 aromatic rings. The lowest BCUT2D eigenvalue weighted by molar-refractivity contribution is -0.119. The summed E-state index contributed by atoms with van der Waals surface area (Å²) in [6.45, 7) is 5.77. The molecular formula is C17H23N5O2S. The van der Waals surface area contributed by atoms with Gasteiger partial charge in [0.25, 0.3) is 5.56 Å². The van der Waals surface area contributed by atoms with Gasteiger partial charge in [-0.25, -0.2) is 0 Å². The maximum absolute atomic E-state index is 12.3. The number of nitrogen functional groups attached to an aromatic ring is 1. The summed E-state index contributed by atoms with van der Waals surface area (Å²) in [4.78, 5) is 24.1. The molecule has 1 amide bonds. The number of aryl methyl sites for hydroxylation is 1. The number of aromatic nitrogens is 3. The Bertz CT molecular complexity index is 776. The monoisotopic (exact) mass is 361 g/mol. The zero-order chi connectivity index (χ0) is 18.4. The Hall–Kier alpha value is -2.35. The van der Waals surface area contributed by atoms with Crippen molar-refractivity contribution in [1.29, 1.82) is 0 Å². The van der Waals surface area contributed by atoms with Crippen LogP contribution in [0.25, 0.3) is 0 Å². The van der Waals surface area contributed by atoms with Gasteiger partial charge < -0.3 is 11.2 Å². The minimum Gasteiger partial charge on any atom is -0.349 e. The van der Waals surface area contributed by atoms with E-state index in [1.165, 1.54) is 6.92 Å². The second kappa shape index (κ2) is 8.66. The van der Waals surface area contributed by atoms with Crippen molar-refractivity contribution in [3.8, 4) is 0 Å². The minimum absolute atomic E-state index is 0.0570. The largest absolute Gasteiger partial charge is 0.349 e. The Balaban J connectivity index is 2.02. The highest BCUT2D eigenvalue weighted by molar-refractivity contribution is 7.99. The number of carbonyl (C=O) groups excluding carboxylic acids is 1. The Morgan fingerprint density at radius 2 is 1.96 bits per heavy atom. The number of amides is 1. The van der Waals surface area contributed by atoms with Gasteiger partial charge in [-0.2, -0.15) is 4.68 Å². The van der Waals surface area contributed by atoms with Crippen LogP contribution in [0.15, 0.2) is 40.3 Å². The van der Waals surface area contributed by atoms with Crippen molar-refractivity contribution in [2.75, 3.05) is 11.6 Å². The van der Waals surface area contributed by atoms with Crippen molar-refractivity contribution < 1.29 is 4.79 Å². The fraction of sp³-hybridized carbons (Fsp3) is 0.412. The molecule has 8 heteroatoms. The molecule has 3 N–H and O–H groups in total. The molecule has 25 heavy (non-hydrogen) atoms. The average molecular weight is 361 g/mol. The third-order valence-corrected chi connectivity index (χ3v) is 4.54. The highest BCUT2D eigenvalue weighted by atomic mass is 32.2. The van der Waals surface area contributed by atoms with E-state index in [-0.39, 0.29) is 28.6 Å². The van der Waals surface area contributed by atoms with Gasteiger partial charge in [0.15, 0.2) is 0 Å². The van der Waals surface area contributed by atoms with E-state index in [0.29, 0.717) is 5.92 Å². The lowest BCUT2D eigenvalue weighted by atomic mass is 9.97. The zero-order valence-electron chi connectivity index (χ0n) is 14.6. The van der Waals surface area contributed by atoms with Crippen molar-refractivity contribution in [3.05, 3.63) is 51.9 Å². The van der Waals surface area contributed by atoms with Crippen molar-refractivity contribution in [1.82, 2.24) is 20.2 Å². The molecule has 0 spiro atoms. The van der Waals surface area contributed by atoms with Crippen molar-refractivity contribution in [2.45, 2.75) is 38.4 Å². The van der Waals surface area contributed by atoms with E-state index >= 15 is 0 Å². The first kappa shape index (κ1) is 19.0. The number of nitrogens with two attached hydrogens (primary N) is 1. The molecule has 1 aromatic carbocycles. The smallest absolute Gasteiger partial charge is 0.294 e. The number of hydrogen-bond donors (Lipinski definition) is 2. The molecule has 0 radical (unpaired) electrons. The van der Waals surface area contributed by atoms with Gasteiger partial charge in [-0.05, 0) is 24.8 Å². The molecule has 0 aliphatic carbocycles. The SMILES string of the molecule is Cc1nnc(SCC(=O)N[C@@H](CC(C)C)c2ccccc2)n(N)c1=O. The molecule has 1 atom stereocenters. The summed E-state index contributed by atoms with van der Waals surface area (Å²) in [5.41, 5.74) is 0.873. The summed E-state index contributed by atoms with van der Waals surface area (Å²) in [6.07, 6.45) is 0.840. The summed E-state index contributed by atoms with van der Waals surface area (Å²) in [5.74, 6) is 6.08. The third kappa shape index (κ3) is 5.32. The second-order valence-corrected chi connectivity index (χ2v) is 7.13. The summed E-state index contributed by atoms with van der Waals surface area (Å²) in [7, 11) is 0. The maximum atomic E-state index is 12.3. The number of thioether (sulfide) groups is 1. The molecule has 0 saturated carbocycles. The van der Waals surface area contributed by atoms with E-state index in [2.05, 4.69) is 29.4 Å². The molecule has 2 rings (SSSR count). The van der Waals surface area contributed by atoms with Gasteiger partial charge >= 0.3 is 0 Å². The predicted molar refractivity (Wildman–Crippen MR) is 98.7 cm³/mol. The molecule has 134 valence electrons. The first-order valence-electron chi connectivity index (χ1n) is 8.07. The van der Waals surface area contributed by atoms with Crippen LogP contribution in [0, 0.1) is 12.8 Å². The number of nitrogens with one attached hydrogen (secondary N) is 1. The Kier molecular flexibility index (Phi) is 6.58. The van der Waals surface area contributed by atoms with Gasteiger partial charge in [-0.1, -0.05) is 55.9 Å². The van der Waals surface area contributed by atoms with Gasteiger partial charge in [-0.15, -0.1) is 10.2 Å². The molecule has 0 aliphatic heterocycles. The summed E-state index contributed by atoms with van der Waals surface area (Å²) in [6, 6.07) is 9.81. The number of benzene rings is 1. The van der Waals surface area contributed by atoms with E-state index in [0.717, 1.165) is 28.4 Å². The third-order valence-electron chi connectivity index (χ3n) is 3.60. The Labute approximate surface area is 151 Å². The first-order valence-corrected chi connectivity index (χ1v) is 9.05. The second-order valence-electron chi connectivity index (χ2n) is 6.19. The van der Waals surface area contributed by atoms with E-state index < -0.39 is 5.56 Å². The highest BCUT2D eigenvalue weighted by Gasteiger charge is 2.17.